The molecule has 146 valence electrons. The van der Waals surface area contributed by atoms with Crippen molar-refractivity contribution in [3.63, 3.8) is 0 Å². The minimum Gasteiger partial charge on any atom is -0.385 e. The van der Waals surface area contributed by atoms with Gasteiger partial charge in [-0.2, -0.15) is 0 Å². The quantitative estimate of drug-likeness (QED) is 0.727. The minimum absolute atomic E-state index is 0.0386. The van der Waals surface area contributed by atoms with Crippen LogP contribution in [0.4, 0.5) is 0 Å². The lowest BCUT2D eigenvalue weighted by molar-refractivity contribution is -0.124. The Hall–Kier alpha value is -1.86. The largest absolute Gasteiger partial charge is 0.385 e. The zero-order valence-corrected chi connectivity index (χ0v) is 16.1. The van der Waals surface area contributed by atoms with Gasteiger partial charge in [-0.15, -0.1) is 0 Å². The molecule has 27 heavy (non-hydrogen) atoms. The number of nitrogens with one attached hydrogen (secondary N) is 2. The highest BCUT2D eigenvalue weighted by atomic mass is 32.2. The molecule has 1 aliphatic heterocycles. The Balaban J connectivity index is 1.47. The standard InChI is InChI=1S/C20H26N2O4S/c23-19(15-7-11-27(25,26)13-15)21-10-6-14-12-22-17-5-3-4-16(18(14)17)20(24)8-1-2-9-20/h3-5,12,15,22,24H,1-2,6-11,13H2,(H,21,23). The van der Waals surface area contributed by atoms with Crippen LogP contribution in [0.15, 0.2) is 24.4 Å². The molecular weight excluding hydrogens is 364 g/mol. The molecule has 2 fully saturated rings. The van der Waals surface area contributed by atoms with Crippen LogP contribution in [0.1, 0.15) is 43.2 Å². The summed E-state index contributed by atoms with van der Waals surface area (Å²) in [6.45, 7) is 0.453. The van der Waals surface area contributed by atoms with Crippen LogP contribution in [0.25, 0.3) is 10.9 Å². The van der Waals surface area contributed by atoms with Crippen LogP contribution in [-0.4, -0.2) is 42.5 Å². The average molecular weight is 391 g/mol. The Morgan fingerprint density at radius 2 is 2.07 bits per heavy atom. The summed E-state index contributed by atoms with van der Waals surface area (Å²) in [5.41, 5.74) is 2.27. The number of hydrogen-bond acceptors (Lipinski definition) is 4. The molecule has 0 bridgehead atoms. The van der Waals surface area contributed by atoms with E-state index in [9.17, 15) is 18.3 Å². The third-order valence-electron chi connectivity index (χ3n) is 6.02. The molecule has 1 aliphatic carbocycles. The number of benzene rings is 1. The lowest BCUT2D eigenvalue weighted by Gasteiger charge is -2.24. The highest BCUT2D eigenvalue weighted by molar-refractivity contribution is 7.91. The van der Waals surface area contributed by atoms with Gasteiger partial charge in [0.05, 0.1) is 23.0 Å². The van der Waals surface area contributed by atoms with E-state index >= 15 is 0 Å². The van der Waals surface area contributed by atoms with Crippen LogP contribution in [0, 0.1) is 5.92 Å². The van der Waals surface area contributed by atoms with Crippen LogP contribution in [-0.2, 0) is 26.7 Å². The first-order valence-corrected chi connectivity index (χ1v) is 11.5. The third-order valence-corrected chi connectivity index (χ3v) is 7.78. The summed E-state index contributed by atoms with van der Waals surface area (Å²) in [5.74, 6) is -0.531. The van der Waals surface area contributed by atoms with E-state index in [1.54, 1.807) is 0 Å². The Labute approximate surface area is 159 Å². The van der Waals surface area contributed by atoms with E-state index in [0.29, 0.717) is 19.4 Å². The fourth-order valence-electron chi connectivity index (χ4n) is 4.54. The number of aromatic amines is 1. The first-order chi connectivity index (χ1) is 12.9. The summed E-state index contributed by atoms with van der Waals surface area (Å²) in [6.07, 6.45) is 6.63. The Morgan fingerprint density at radius 1 is 1.30 bits per heavy atom. The van der Waals surface area contributed by atoms with E-state index in [2.05, 4.69) is 10.3 Å². The van der Waals surface area contributed by atoms with Crippen molar-refractivity contribution in [3.05, 3.63) is 35.5 Å². The van der Waals surface area contributed by atoms with E-state index in [0.717, 1.165) is 47.7 Å². The van der Waals surface area contributed by atoms with Gasteiger partial charge in [-0.25, -0.2) is 8.42 Å². The molecule has 3 N–H and O–H groups in total. The van der Waals surface area contributed by atoms with E-state index in [-0.39, 0.29) is 17.4 Å². The smallest absolute Gasteiger partial charge is 0.224 e. The molecule has 2 aromatic rings. The van der Waals surface area contributed by atoms with Gasteiger partial charge >= 0.3 is 0 Å². The third kappa shape index (κ3) is 3.62. The number of aromatic nitrogens is 1. The lowest BCUT2D eigenvalue weighted by atomic mass is 9.88. The zero-order valence-electron chi connectivity index (χ0n) is 15.3. The van der Waals surface area contributed by atoms with Gasteiger partial charge in [-0.1, -0.05) is 25.0 Å². The highest BCUT2D eigenvalue weighted by Gasteiger charge is 2.35. The average Bonchev–Trinajstić information content (AvgIpc) is 3.34. The molecule has 2 heterocycles. The summed E-state index contributed by atoms with van der Waals surface area (Å²) in [6, 6.07) is 5.98. The molecule has 1 saturated heterocycles. The van der Waals surface area contributed by atoms with Crippen molar-refractivity contribution in [1.29, 1.82) is 0 Å². The van der Waals surface area contributed by atoms with E-state index in [4.69, 9.17) is 0 Å². The van der Waals surface area contributed by atoms with Gasteiger partial charge < -0.3 is 15.4 Å². The molecule has 1 unspecified atom stereocenters. The zero-order chi connectivity index (χ0) is 19.1. The number of rotatable bonds is 5. The molecule has 1 atom stereocenters. The minimum atomic E-state index is -3.05. The van der Waals surface area contributed by atoms with Crippen molar-refractivity contribution < 1.29 is 18.3 Å². The fourth-order valence-corrected chi connectivity index (χ4v) is 6.28. The van der Waals surface area contributed by atoms with Gasteiger partial charge in [0.1, 0.15) is 0 Å². The fraction of sp³-hybridized carbons (Fsp3) is 0.550. The number of amides is 1. The second-order valence-corrected chi connectivity index (χ2v) is 10.2. The van der Waals surface area contributed by atoms with E-state index in [1.165, 1.54) is 0 Å². The van der Waals surface area contributed by atoms with Crippen molar-refractivity contribution >= 4 is 26.6 Å². The van der Waals surface area contributed by atoms with Crippen LogP contribution in [0.5, 0.6) is 0 Å². The molecule has 1 aromatic heterocycles. The maximum atomic E-state index is 12.2. The topological polar surface area (TPSA) is 99.3 Å². The highest BCUT2D eigenvalue weighted by Crippen LogP contribution is 2.42. The summed E-state index contributed by atoms with van der Waals surface area (Å²) in [7, 11) is -3.05. The van der Waals surface area contributed by atoms with Gasteiger partial charge in [-0.3, -0.25) is 4.79 Å². The van der Waals surface area contributed by atoms with Gasteiger partial charge in [0.25, 0.3) is 0 Å². The van der Waals surface area contributed by atoms with Gasteiger partial charge in [0.15, 0.2) is 9.84 Å². The predicted octanol–water partition coefficient (Wildman–Crippen LogP) is 2.02. The lowest BCUT2D eigenvalue weighted by Crippen LogP contribution is -2.32. The van der Waals surface area contributed by atoms with E-state index < -0.39 is 21.4 Å². The first-order valence-electron chi connectivity index (χ1n) is 9.68. The predicted molar refractivity (Wildman–Crippen MR) is 104 cm³/mol. The van der Waals surface area contributed by atoms with Crippen molar-refractivity contribution in [2.45, 2.75) is 44.1 Å². The van der Waals surface area contributed by atoms with Crippen LogP contribution >= 0.6 is 0 Å². The molecule has 7 heteroatoms. The van der Waals surface area contributed by atoms with Crippen molar-refractivity contribution in [1.82, 2.24) is 10.3 Å². The maximum absolute atomic E-state index is 12.2. The van der Waals surface area contributed by atoms with Crippen LogP contribution in [0.3, 0.4) is 0 Å². The second kappa shape index (κ2) is 6.95. The number of aliphatic hydroxyl groups is 1. The normalized spacial score (nSPS) is 23.7. The molecule has 4 rings (SSSR count). The van der Waals surface area contributed by atoms with Gasteiger partial charge in [0.2, 0.25) is 5.91 Å². The Bertz CT molecular complexity index is 958. The summed E-state index contributed by atoms with van der Waals surface area (Å²) < 4.78 is 23.1. The molecule has 2 aliphatic rings. The number of carbonyl (C=O) groups excluding carboxylic acids is 1. The molecule has 6 nitrogen and oxygen atoms in total. The molecule has 1 amide bonds. The number of carbonyl (C=O) groups is 1. The van der Waals surface area contributed by atoms with Crippen molar-refractivity contribution in [3.8, 4) is 0 Å². The SMILES string of the molecule is O=C(NCCc1c[nH]c2cccc(C3(O)CCCC3)c12)C1CCS(=O)(=O)C1. The number of fused-ring (bicyclic) bond motifs is 1. The van der Waals surface area contributed by atoms with Crippen molar-refractivity contribution in [2.75, 3.05) is 18.1 Å². The van der Waals surface area contributed by atoms with E-state index in [1.807, 2.05) is 24.4 Å². The van der Waals surface area contributed by atoms with Crippen LogP contribution < -0.4 is 5.32 Å². The second-order valence-electron chi connectivity index (χ2n) is 7.92. The maximum Gasteiger partial charge on any atom is 0.224 e. The van der Waals surface area contributed by atoms with Gasteiger partial charge in [-0.05, 0) is 42.9 Å². The number of hydrogen-bond donors (Lipinski definition) is 3. The Morgan fingerprint density at radius 3 is 2.78 bits per heavy atom. The molecule has 0 radical (unpaired) electrons. The summed E-state index contributed by atoms with van der Waals surface area (Å²) >= 11 is 0. The Kier molecular flexibility index (Phi) is 4.76. The van der Waals surface area contributed by atoms with Crippen LogP contribution in [0.2, 0.25) is 0 Å². The van der Waals surface area contributed by atoms with Crippen molar-refractivity contribution in [2.24, 2.45) is 5.92 Å². The molecule has 1 saturated carbocycles. The number of sulfone groups is 1. The molecule has 0 spiro atoms. The number of H-pyrrole nitrogens is 1. The summed E-state index contributed by atoms with van der Waals surface area (Å²) in [4.78, 5) is 15.5. The molecular formula is C20H26N2O4S. The monoisotopic (exact) mass is 390 g/mol. The van der Waals surface area contributed by atoms with Gasteiger partial charge in [0, 0.05) is 23.6 Å². The summed E-state index contributed by atoms with van der Waals surface area (Å²) in [5, 5.41) is 15.0. The molecule has 1 aromatic carbocycles. The first kappa shape index (κ1) is 18.5.